The smallest absolute Gasteiger partial charge is 0.163 e. The van der Waals surface area contributed by atoms with Crippen LogP contribution in [0.15, 0.2) is 48.5 Å². The molecule has 2 unspecified atom stereocenters. The highest BCUT2D eigenvalue weighted by molar-refractivity contribution is 6.31. The minimum absolute atomic E-state index is 0.295. The second kappa shape index (κ2) is 5.11. The van der Waals surface area contributed by atoms with Crippen molar-refractivity contribution < 1.29 is 14.6 Å². The van der Waals surface area contributed by atoms with Crippen LogP contribution in [0.1, 0.15) is 11.7 Å². The van der Waals surface area contributed by atoms with Gasteiger partial charge in [0.15, 0.2) is 17.6 Å². The lowest BCUT2D eigenvalue weighted by molar-refractivity contribution is -0.0112. The van der Waals surface area contributed by atoms with Crippen LogP contribution in [0.2, 0.25) is 5.02 Å². The fourth-order valence-corrected chi connectivity index (χ4v) is 2.35. The van der Waals surface area contributed by atoms with Crippen LogP contribution in [0.25, 0.3) is 0 Å². The van der Waals surface area contributed by atoms with E-state index >= 15 is 0 Å². The number of rotatable bonds is 2. The molecule has 0 radical (unpaired) electrons. The van der Waals surface area contributed by atoms with Crippen LogP contribution < -0.4 is 9.47 Å². The third-order valence-corrected chi connectivity index (χ3v) is 3.45. The van der Waals surface area contributed by atoms with E-state index in [0.29, 0.717) is 28.7 Å². The quantitative estimate of drug-likeness (QED) is 0.915. The molecule has 2 aromatic carbocycles. The highest BCUT2D eigenvalue weighted by atomic mass is 35.5. The molecule has 0 saturated carbocycles. The van der Waals surface area contributed by atoms with Gasteiger partial charge in [-0.25, -0.2) is 0 Å². The summed E-state index contributed by atoms with van der Waals surface area (Å²) in [4.78, 5) is 0. The maximum Gasteiger partial charge on any atom is 0.163 e. The zero-order valence-corrected chi connectivity index (χ0v) is 10.9. The van der Waals surface area contributed by atoms with Crippen molar-refractivity contribution in [3.8, 4) is 11.5 Å². The highest BCUT2D eigenvalue weighted by Gasteiger charge is 2.29. The molecular weight excluding hydrogens is 264 g/mol. The molecule has 19 heavy (non-hydrogen) atoms. The van der Waals surface area contributed by atoms with Gasteiger partial charge in [-0.3, -0.25) is 0 Å². The molecule has 4 heteroatoms. The molecular formula is C15H13ClO3. The molecule has 1 aliphatic rings. The lowest BCUT2D eigenvalue weighted by Crippen LogP contribution is -2.34. The Hall–Kier alpha value is -1.71. The lowest BCUT2D eigenvalue weighted by atomic mass is 10.0. The summed E-state index contributed by atoms with van der Waals surface area (Å²) in [5, 5.41) is 10.9. The number of hydrogen-bond donors (Lipinski definition) is 1. The molecule has 0 spiro atoms. The van der Waals surface area contributed by atoms with E-state index in [0.717, 1.165) is 0 Å². The average molecular weight is 277 g/mol. The van der Waals surface area contributed by atoms with Crippen LogP contribution in [-0.2, 0) is 0 Å². The summed E-state index contributed by atoms with van der Waals surface area (Å²) < 4.78 is 11.4. The van der Waals surface area contributed by atoms with Crippen LogP contribution in [0.5, 0.6) is 11.5 Å². The predicted octanol–water partition coefficient (Wildman–Crippen LogP) is 3.21. The molecule has 0 amide bonds. The first kappa shape index (κ1) is 12.3. The van der Waals surface area contributed by atoms with Crippen LogP contribution in [0.3, 0.4) is 0 Å². The topological polar surface area (TPSA) is 38.7 Å². The van der Waals surface area contributed by atoms with Crippen LogP contribution in [0.4, 0.5) is 0 Å². The Morgan fingerprint density at radius 1 is 1.05 bits per heavy atom. The third-order valence-electron chi connectivity index (χ3n) is 3.11. The van der Waals surface area contributed by atoms with Crippen molar-refractivity contribution >= 4 is 11.6 Å². The van der Waals surface area contributed by atoms with Crippen molar-refractivity contribution in [1.29, 1.82) is 0 Å². The van der Waals surface area contributed by atoms with Crippen LogP contribution in [-0.4, -0.2) is 17.8 Å². The average Bonchev–Trinajstić information content (AvgIpc) is 2.46. The summed E-state index contributed by atoms with van der Waals surface area (Å²) in [5.41, 5.74) is 0.650. The van der Waals surface area contributed by atoms with Crippen LogP contribution in [0, 0.1) is 0 Å². The Bertz CT molecular complexity index is 585. The van der Waals surface area contributed by atoms with E-state index in [1.54, 1.807) is 12.1 Å². The maximum atomic E-state index is 10.4. The number of ether oxygens (including phenoxy) is 2. The van der Waals surface area contributed by atoms with Gasteiger partial charge in [0, 0.05) is 10.6 Å². The Labute approximate surface area is 116 Å². The van der Waals surface area contributed by atoms with E-state index in [4.69, 9.17) is 21.1 Å². The van der Waals surface area contributed by atoms with Crippen molar-refractivity contribution in [2.24, 2.45) is 0 Å². The molecule has 2 aromatic rings. The number of para-hydroxylation sites is 2. The van der Waals surface area contributed by atoms with E-state index in [1.807, 2.05) is 36.4 Å². The van der Waals surface area contributed by atoms with Gasteiger partial charge in [-0.2, -0.15) is 0 Å². The van der Waals surface area contributed by atoms with Crippen LogP contribution >= 0.6 is 11.6 Å². The monoisotopic (exact) mass is 276 g/mol. The number of fused-ring (bicyclic) bond motifs is 1. The van der Waals surface area contributed by atoms with Gasteiger partial charge in [-0.1, -0.05) is 41.9 Å². The van der Waals surface area contributed by atoms with Crippen molar-refractivity contribution in [1.82, 2.24) is 0 Å². The summed E-state index contributed by atoms with van der Waals surface area (Å²) in [5.74, 6) is 1.34. The molecule has 1 aliphatic heterocycles. The number of halogens is 1. The molecule has 0 bridgehead atoms. The second-order valence-electron chi connectivity index (χ2n) is 4.38. The SMILES string of the molecule is OC(c1ccccc1Cl)C1COc2ccccc2O1. The number of aliphatic hydroxyl groups is 1. The first-order chi connectivity index (χ1) is 9.25. The Balaban J connectivity index is 1.83. The largest absolute Gasteiger partial charge is 0.486 e. The Morgan fingerprint density at radius 3 is 2.53 bits per heavy atom. The molecule has 1 heterocycles. The van der Waals surface area contributed by atoms with Crippen molar-refractivity contribution in [2.45, 2.75) is 12.2 Å². The first-order valence-electron chi connectivity index (χ1n) is 6.06. The molecule has 0 aromatic heterocycles. The Morgan fingerprint density at radius 2 is 1.74 bits per heavy atom. The fourth-order valence-electron chi connectivity index (χ4n) is 2.11. The van der Waals surface area contributed by atoms with Gasteiger partial charge in [0.1, 0.15) is 12.7 Å². The summed E-state index contributed by atoms with van der Waals surface area (Å²) in [6, 6.07) is 14.6. The highest BCUT2D eigenvalue weighted by Crippen LogP contribution is 2.35. The van der Waals surface area contributed by atoms with E-state index in [9.17, 15) is 5.11 Å². The zero-order chi connectivity index (χ0) is 13.2. The molecule has 0 aliphatic carbocycles. The first-order valence-corrected chi connectivity index (χ1v) is 6.44. The second-order valence-corrected chi connectivity index (χ2v) is 4.79. The molecule has 0 saturated heterocycles. The van der Waals surface area contributed by atoms with E-state index in [-0.39, 0.29) is 0 Å². The minimum atomic E-state index is -0.818. The lowest BCUT2D eigenvalue weighted by Gasteiger charge is -2.30. The number of hydrogen-bond acceptors (Lipinski definition) is 3. The third kappa shape index (κ3) is 2.39. The maximum absolute atomic E-state index is 10.4. The molecule has 3 nitrogen and oxygen atoms in total. The fraction of sp³-hybridized carbons (Fsp3) is 0.200. The van der Waals surface area contributed by atoms with E-state index in [2.05, 4.69) is 0 Å². The van der Waals surface area contributed by atoms with Crippen molar-refractivity contribution in [2.75, 3.05) is 6.61 Å². The number of benzene rings is 2. The summed E-state index contributed by atoms with van der Waals surface area (Å²) in [7, 11) is 0. The summed E-state index contributed by atoms with van der Waals surface area (Å²) in [6.45, 7) is 0.295. The molecule has 2 atom stereocenters. The van der Waals surface area contributed by atoms with Gasteiger partial charge in [-0.05, 0) is 18.2 Å². The zero-order valence-electron chi connectivity index (χ0n) is 10.1. The van der Waals surface area contributed by atoms with Gasteiger partial charge >= 0.3 is 0 Å². The molecule has 3 rings (SSSR count). The number of aliphatic hydroxyl groups excluding tert-OH is 1. The van der Waals surface area contributed by atoms with Gasteiger partial charge in [0.05, 0.1) is 0 Å². The molecule has 98 valence electrons. The molecule has 1 N–H and O–H groups in total. The van der Waals surface area contributed by atoms with Crippen molar-refractivity contribution in [3.05, 3.63) is 59.1 Å². The minimum Gasteiger partial charge on any atom is -0.486 e. The standard InChI is InChI=1S/C15H13ClO3/c16-11-6-2-1-5-10(11)15(17)14-9-18-12-7-3-4-8-13(12)19-14/h1-8,14-15,17H,9H2. The normalized spacial score (nSPS) is 18.9. The van der Waals surface area contributed by atoms with Gasteiger partial charge in [0.2, 0.25) is 0 Å². The van der Waals surface area contributed by atoms with Gasteiger partial charge in [0.25, 0.3) is 0 Å². The van der Waals surface area contributed by atoms with E-state index < -0.39 is 12.2 Å². The Kier molecular flexibility index (Phi) is 3.32. The molecule has 0 fully saturated rings. The van der Waals surface area contributed by atoms with Gasteiger partial charge < -0.3 is 14.6 Å². The summed E-state index contributed by atoms with van der Waals surface area (Å²) in [6.07, 6.45) is -1.28. The predicted molar refractivity (Wildman–Crippen MR) is 72.8 cm³/mol. The van der Waals surface area contributed by atoms with E-state index in [1.165, 1.54) is 0 Å². The summed E-state index contributed by atoms with van der Waals surface area (Å²) >= 11 is 6.08. The van der Waals surface area contributed by atoms with Crippen molar-refractivity contribution in [3.63, 3.8) is 0 Å². The van der Waals surface area contributed by atoms with Gasteiger partial charge in [-0.15, -0.1) is 0 Å².